The van der Waals surface area contributed by atoms with Crippen LogP contribution in [0, 0.1) is 6.92 Å². The zero-order chi connectivity index (χ0) is 20.2. The summed E-state index contributed by atoms with van der Waals surface area (Å²) >= 11 is 0. The number of hydrogen-bond acceptors (Lipinski definition) is 6. The molecule has 1 aromatic carbocycles. The van der Waals surface area contributed by atoms with Crippen molar-refractivity contribution in [2.45, 2.75) is 38.6 Å². The topological polar surface area (TPSA) is 81.4 Å². The van der Waals surface area contributed by atoms with Crippen molar-refractivity contribution in [2.24, 2.45) is 0 Å². The van der Waals surface area contributed by atoms with Crippen molar-refractivity contribution < 1.29 is 13.9 Å². The monoisotopic (exact) mass is 392 g/mol. The van der Waals surface area contributed by atoms with Gasteiger partial charge in [0.1, 0.15) is 29.1 Å². The highest BCUT2D eigenvalue weighted by molar-refractivity contribution is 5.92. The van der Waals surface area contributed by atoms with Crippen LogP contribution >= 0.6 is 0 Å². The van der Waals surface area contributed by atoms with Gasteiger partial charge in [0.15, 0.2) is 0 Å². The molecule has 0 radical (unpaired) electrons. The molecule has 1 amide bonds. The number of likely N-dealkylation sites (tertiary alicyclic amines) is 1. The van der Waals surface area contributed by atoms with Crippen LogP contribution in [0.2, 0.25) is 0 Å². The number of aryl methyl sites for hydroxylation is 1. The molecule has 0 N–H and O–H groups in total. The quantitative estimate of drug-likeness (QED) is 0.658. The minimum absolute atomic E-state index is 0.104. The number of ether oxygens (including phenoxy) is 1. The first kappa shape index (κ1) is 19.1. The maximum Gasteiger partial charge on any atom is 0.273 e. The van der Waals surface area contributed by atoms with E-state index in [1.165, 1.54) is 0 Å². The second-order valence-corrected chi connectivity index (χ2v) is 7.19. The molecule has 0 spiro atoms. The number of piperidine rings is 1. The van der Waals surface area contributed by atoms with Crippen LogP contribution in [0.15, 0.2) is 47.1 Å². The van der Waals surface area contributed by atoms with E-state index in [2.05, 4.69) is 15.0 Å². The predicted octanol–water partition coefficient (Wildman–Crippen LogP) is 3.74. The number of hydrogen-bond donors (Lipinski definition) is 0. The lowest BCUT2D eigenvalue weighted by Gasteiger charge is -2.33. The molecule has 1 fully saturated rings. The number of methoxy groups -OCH3 is 1. The standard InChI is InChI=1S/C22H24N4O3/c1-15-23-10-9-19(25-15)22(27)26-11-4-3-8-20(26)21-24-14-18(29-21)13-16-6-5-7-17(12-16)28-2/h5-7,9-10,12,14,20H,3-4,8,11,13H2,1-2H3/t20-/m1/s1. The molecule has 1 aliphatic heterocycles. The van der Waals surface area contributed by atoms with Crippen molar-refractivity contribution in [1.29, 1.82) is 0 Å². The average Bonchev–Trinajstić information content (AvgIpc) is 3.21. The van der Waals surface area contributed by atoms with Gasteiger partial charge in [0.05, 0.1) is 13.3 Å². The fraction of sp³-hybridized carbons (Fsp3) is 0.364. The molecule has 3 heterocycles. The molecule has 0 aliphatic carbocycles. The lowest BCUT2D eigenvalue weighted by molar-refractivity contribution is 0.0563. The van der Waals surface area contributed by atoms with Gasteiger partial charge in [0.2, 0.25) is 5.89 Å². The van der Waals surface area contributed by atoms with Gasteiger partial charge in [-0.3, -0.25) is 4.79 Å². The molecule has 1 saturated heterocycles. The van der Waals surface area contributed by atoms with E-state index >= 15 is 0 Å². The molecule has 1 aliphatic rings. The fourth-order valence-corrected chi connectivity index (χ4v) is 3.70. The first-order valence-corrected chi connectivity index (χ1v) is 9.82. The Bertz CT molecular complexity index is 1000. The van der Waals surface area contributed by atoms with Crippen molar-refractivity contribution in [3.05, 3.63) is 71.5 Å². The van der Waals surface area contributed by atoms with E-state index in [1.54, 1.807) is 32.5 Å². The van der Waals surface area contributed by atoms with E-state index in [1.807, 2.05) is 29.2 Å². The molecule has 0 bridgehead atoms. The Morgan fingerprint density at radius 2 is 2.17 bits per heavy atom. The summed E-state index contributed by atoms with van der Waals surface area (Å²) in [6, 6.07) is 9.36. The van der Waals surface area contributed by atoms with Gasteiger partial charge < -0.3 is 14.1 Å². The molecule has 0 saturated carbocycles. The van der Waals surface area contributed by atoms with Crippen molar-refractivity contribution in [3.8, 4) is 5.75 Å². The number of aromatic nitrogens is 3. The van der Waals surface area contributed by atoms with E-state index in [-0.39, 0.29) is 11.9 Å². The third-order valence-electron chi connectivity index (χ3n) is 5.13. The second-order valence-electron chi connectivity index (χ2n) is 7.19. The zero-order valence-corrected chi connectivity index (χ0v) is 16.7. The Hall–Kier alpha value is -3.22. The number of carbonyl (C=O) groups excluding carboxylic acids is 1. The number of benzene rings is 1. The molecule has 7 heteroatoms. The zero-order valence-electron chi connectivity index (χ0n) is 16.7. The first-order chi connectivity index (χ1) is 14.1. The summed E-state index contributed by atoms with van der Waals surface area (Å²) in [6.45, 7) is 2.45. The largest absolute Gasteiger partial charge is 0.497 e. The molecular formula is C22H24N4O3. The Morgan fingerprint density at radius 3 is 3.00 bits per heavy atom. The molecule has 4 rings (SSSR count). The number of nitrogens with zero attached hydrogens (tertiary/aromatic N) is 4. The Morgan fingerprint density at radius 1 is 1.28 bits per heavy atom. The molecule has 7 nitrogen and oxygen atoms in total. The van der Waals surface area contributed by atoms with Crippen LogP contribution < -0.4 is 4.74 Å². The van der Waals surface area contributed by atoms with E-state index in [4.69, 9.17) is 9.15 Å². The summed E-state index contributed by atoms with van der Waals surface area (Å²) in [4.78, 5) is 27.7. The van der Waals surface area contributed by atoms with Gasteiger partial charge in [-0.2, -0.15) is 0 Å². The molecule has 29 heavy (non-hydrogen) atoms. The molecule has 1 atom stereocenters. The maximum atomic E-state index is 13.1. The molecule has 0 unspecified atom stereocenters. The van der Waals surface area contributed by atoms with Gasteiger partial charge in [-0.05, 0) is 49.9 Å². The van der Waals surface area contributed by atoms with Crippen LogP contribution in [0.3, 0.4) is 0 Å². The Kier molecular flexibility index (Phi) is 5.55. The number of carbonyl (C=O) groups is 1. The van der Waals surface area contributed by atoms with E-state index in [0.717, 1.165) is 36.3 Å². The maximum absolute atomic E-state index is 13.1. The normalized spacial score (nSPS) is 16.6. The predicted molar refractivity (Wildman–Crippen MR) is 107 cm³/mol. The van der Waals surface area contributed by atoms with Crippen molar-refractivity contribution in [1.82, 2.24) is 19.9 Å². The Labute approximate surface area is 169 Å². The summed E-state index contributed by atoms with van der Waals surface area (Å²) in [5.41, 5.74) is 1.49. The lowest BCUT2D eigenvalue weighted by atomic mass is 10.0. The van der Waals surface area contributed by atoms with Gasteiger partial charge in [-0.15, -0.1) is 0 Å². The molecule has 150 valence electrons. The highest BCUT2D eigenvalue weighted by Crippen LogP contribution is 2.32. The summed E-state index contributed by atoms with van der Waals surface area (Å²) in [5.74, 6) is 2.64. The van der Waals surface area contributed by atoms with Crippen LogP contribution in [0.4, 0.5) is 0 Å². The van der Waals surface area contributed by atoms with Crippen LogP contribution in [-0.4, -0.2) is 39.4 Å². The van der Waals surface area contributed by atoms with Crippen LogP contribution in [0.5, 0.6) is 5.75 Å². The fourth-order valence-electron chi connectivity index (χ4n) is 3.70. The highest BCUT2D eigenvalue weighted by atomic mass is 16.5. The van der Waals surface area contributed by atoms with Gasteiger partial charge in [-0.25, -0.2) is 15.0 Å². The molecular weight excluding hydrogens is 368 g/mol. The highest BCUT2D eigenvalue weighted by Gasteiger charge is 2.32. The van der Waals surface area contributed by atoms with Crippen molar-refractivity contribution in [3.63, 3.8) is 0 Å². The van der Waals surface area contributed by atoms with E-state index in [0.29, 0.717) is 30.4 Å². The number of rotatable bonds is 5. The lowest BCUT2D eigenvalue weighted by Crippen LogP contribution is -2.39. The average molecular weight is 392 g/mol. The van der Waals surface area contributed by atoms with Gasteiger partial charge >= 0.3 is 0 Å². The smallest absolute Gasteiger partial charge is 0.273 e. The van der Waals surface area contributed by atoms with Crippen molar-refractivity contribution >= 4 is 5.91 Å². The van der Waals surface area contributed by atoms with Crippen LogP contribution in [0.1, 0.15) is 58.8 Å². The second kappa shape index (κ2) is 8.43. The summed E-state index contributed by atoms with van der Waals surface area (Å²) in [6.07, 6.45) is 6.81. The van der Waals surface area contributed by atoms with Crippen molar-refractivity contribution in [2.75, 3.05) is 13.7 Å². The summed E-state index contributed by atoms with van der Waals surface area (Å²) in [5, 5.41) is 0. The Balaban J connectivity index is 1.54. The number of amides is 1. The SMILES string of the molecule is COc1cccc(Cc2cnc([C@H]3CCCCN3C(=O)c3ccnc(C)n3)o2)c1. The van der Waals surface area contributed by atoms with Gasteiger partial charge in [0.25, 0.3) is 5.91 Å². The third kappa shape index (κ3) is 4.29. The summed E-state index contributed by atoms with van der Waals surface area (Å²) in [7, 11) is 1.65. The molecule has 3 aromatic rings. The van der Waals surface area contributed by atoms with Crippen LogP contribution in [0.25, 0.3) is 0 Å². The minimum atomic E-state index is -0.175. The molecule has 2 aromatic heterocycles. The van der Waals surface area contributed by atoms with E-state index < -0.39 is 0 Å². The van der Waals surface area contributed by atoms with Gasteiger partial charge in [-0.1, -0.05) is 12.1 Å². The minimum Gasteiger partial charge on any atom is -0.497 e. The van der Waals surface area contributed by atoms with E-state index in [9.17, 15) is 4.79 Å². The van der Waals surface area contributed by atoms with Crippen LogP contribution in [-0.2, 0) is 6.42 Å². The first-order valence-electron chi connectivity index (χ1n) is 9.82. The van der Waals surface area contributed by atoms with Gasteiger partial charge in [0, 0.05) is 19.2 Å². The third-order valence-corrected chi connectivity index (χ3v) is 5.13. The summed E-state index contributed by atoms with van der Waals surface area (Å²) < 4.78 is 11.3. The number of oxazole rings is 1.